The Morgan fingerprint density at radius 1 is 1.19 bits per heavy atom. The van der Waals surface area contributed by atoms with Gasteiger partial charge < -0.3 is 5.32 Å². The van der Waals surface area contributed by atoms with Crippen LogP contribution in [0, 0.1) is 0 Å². The second kappa shape index (κ2) is 6.73. The van der Waals surface area contributed by atoms with Gasteiger partial charge in [0.15, 0.2) is 9.84 Å². The topological polar surface area (TPSA) is 76.1 Å². The Labute approximate surface area is 127 Å². The van der Waals surface area contributed by atoms with Crippen LogP contribution in [-0.2, 0) is 14.6 Å². The number of carbonyl (C=O) groups is 1. The Hall–Kier alpha value is -1.86. The second-order valence-electron chi connectivity index (χ2n) is 4.30. The van der Waals surface area contributed by atoms with E-state index in [-0.39, 0.29) is 16.6 Å². The average Bonchev–Trinajstić information content (AvgIpc) is 2.46. The molecule has 0 aliphatic carbocycles. The molecule has 0 radical (unpaired) electrons. The van der Waals surface area contributed by atoms with Crippen LogP contribution in [0.15, 0.2) is 58.6 Å². The maximum Gasteiger partial charge on any atom is 0.234 e. The van der Waals surface area contributed by atoms with Crippen LogP contribution in [0.25, 0.3) is 0 Å². The Balaban J connectivity index is 1.91. The lowest BCUT2D eigenvalue weighted by Gasteiger charge is -2.05. The van der Waals surface area contributed by atoms with Crippen molar-refractivity contribution in [2.24, 2.45) is 0 Å². The molecule has 0 saturated heterocycles. The van der Waals surface area contributed by atoms with Gasteiger partial charge in [0.05, 0.1) is 15.7 Å². The van der Waals surface area contributed by atoms with Crippen molar-refractivity contribution in [2.75, 3.05) is 17.3 Å². The van der Waals surface area contributed by atoms with Crippen molar-refractivity contribution in [1.29, 1.82) is 0 Å². The Morgan fingerprint density at radius 2 is 1.90 bits per heavy atom. The zero-order valence-corrected chi connectivity index (χ0v) is 12.9. The molecular formula is C14H14N2O3S2. The molecule has 2 rings (SSSR count). The van der Waals surface area contributed by atoms with E-state index in [0.717, 1.165) is 11.3 Å². The predicted octanol–water partition coefficient (Wildman–Crippen LogP) is 2.22. The highest BCUT2D eigenvalue weighted by Crippen LogP contribution is 2.16. The fourth-order valence-electron chi connectivity index (χ4n) is 1.55. The minimum absolute atomic E-state index is 0.169. The normalized spacial score (nSPS) is 11.1. The number of pyridine rings is 1. The molecular weight excluding hydrogens is 308 g/mol. The lowest BCUT2D eigenvalue weighted by Crippen LogP contribution is -2.14. The molecule has 2 aromatic rings. The van der Waals surface area contributed by atoms with E-state index in [1.54, 1.807) is 18.3 Å². The maximum atomic E-state index is 11.8. The summed E-state index contributed by atoms with van der Waals surface area (Å²) in [5.74, 6) is 0.0722. The first-order valence-electron chi connectivity index (χ1n) is 6.09. The Bertz CT molecular complexity index is 714. The van der Waals surface area contributed by atoms with Crippen LogP contribution < -0.4 is 5.32 Å². The molecule has 0 bridgehead atoms. The van der Waals surface area contributed by atoms with Crippen molar-refractivity contribution >= 4 is 33.2 Å². The molecule has 1 amide bonds. The standard InChI is InChI=1S/C14H14N2O3S2/c1-21(18,19)12-7-5-11(6-8-12)16-13(17)10-20-14-4-2-3-9-15-14/h2-9H,10H2,1H3,(H,16,17). The van der Waals surface area contributed by atoms with Crippen molar-refractivity contribution in [2.45, 2.75) is 9.92 Å². The molecule has 1 aromatic carbocycles. The van der Waals surface area contributed by atoms with Crippen LogP contribution in [0.3, 0.4) is 0 Å². The van der Waals surface area contributed by atoms with Crippen molar-refractivity contribution in [3.05, 3.63) is 48.7 Å². The Morgan fingerprint density at radius 3 is 2.48 bits per heavy atom. The van der Waals surface area contributed by atoms with Crippen molar-refractivity contribution in [3.63, 3.8) is 0 Å². The molecule has 110 valence electrons. The van der Waals surface area contributed by atoms with E-state index in [1.807, 2.05) is 18.2 Å². The van der Waals surface area contributed by atoms with E-state index in [1.165, 1.54) is 23.9 Å². The molecule has 0 aliphatic heterocycles. The fraction of sp³-hybridized carbons (Fsp3) is 0.143. The summed E-state index contributed by atoms with van der Waals surface area (Å²) < 4.78 is 22.7. The predicted molar refractivity (Wildman–Crippen MR) is 83.1 cm³/mol. The number of hydrogen-bond acceptors (Lipinski definition) is 5. The number of anilines is 1. The van der Waals surface area contributed by atoms with Gasteiger partial charge in [-0.3, -0.25) is 4.79 Å². The van der Waals surface area contributed by atoms with Gasteiger partial charge in [0.1, 0.15) is 0 Å². The third-order valence-corrected chi connectivity index (χ3v) is 4.63. The maximum absolute atomic E-state index is 11.8. The first-order valence-corrected chi connectivity index (χ1v) is 8.97. The lowest BCUT2D eigenvalue weighted by atomic mass is 10.3. The van der Waals surface area contributed by atoms with Crippen LogP contribution >= 0.6 is 11.8 Å². The average molecular weight is 322 g/mol. The molecule has 0 fully saturated rings. The first kappa shape index (κ1) is 15.5. The van der Waals surface area contributed by atoms with E-state index in [0.29, 0.717) is 5.69 Å². The minimum Gasteiger partial charge on any atom is -0.325 e. The van der Waals surface area contributed by atoms with E-state index in [9.17, 15) is 13.2 Å². The molecule has 0 saturated carbocycles. The number of nitrogens with one attached hydrogen (secondary N) is 1. The van der Waals surface area contributed by atoms with Gasteiger partial charge in [-0.25, -0.2) is 13.4 Å². The van der Waals surface area contributed by atoms with Gasteiger partial charge in [-0.1, -0.05) is 17.8 Å². The van der Waals surface area contributed by atoms with E-state index in [4.69, 9.17) is 0 Å². The van der Waals surface area contributed by atoms with E-state index in [2.05, 4.69) is 10.3 Å². The largest absolute Gasteiger partial charge is 0.325 e. The fourth-order valence-corrected chi connectivity index (χ4v) is 2.85. The third-order valence-electron chi connectivity index (χ3n) is 2.56. The highest BCUT2D eigenvalue weighted by molar-refractivity contribution is 7.99. The van der Waals surface area contributed by atoms with Crippen LogP contribution in [-0.4, -0.2) is 31.3 Å². The van der Waals surface area contributed by atoms with Crippen LogP contribution in [0.1, 0.15) is 0 Å². The quantitative estimate of drug-likeness (QED) is 0.854. The molecule has 5 nitrogen and oxygen atoms in total. The minimum atomic E-state index is -3.22. The lowest BCUT2D eigenvalue weighted by molar-refractivity contribution is -0.113. The Kier molecular flexibility index (Phi) is 4.98. The first-order chi connectivity index (χ1) is 9.95. The van der Waals surface area contributed by atoms with Crippen LogP contribution in [0.4, 0.5) is 5.69 Å². The molecule has 7 heteroatoms. The summed E-state index contributed by atoms with van der Waals surface area (Å²) >= 11 is 1.34. The summed E-state index contributed by atoms with van der Waals surface area (Å²) in [6.07, 6.45) is 2.81. The van der Waals surface area contributed by atoms with Gasteiger partial charge >= 0.3 is 0 Å². The van der Waals surface area contributed by atoms with E-state index < -0.39 is 9.84 Å². The summed E-state index contributed by atoms with van der Waals surface area (Å²) in [7, 11) is -3.22. The van der Waals surface area contributed by atoms with Crippen molar-refractivity contribution in [1.82, 2.24) is 4.98 Å². The van der Waals surface area contributed by atoms with Gasteiger partial charge in [0.2, 0.25) is 5.91 Å². The van der Waals surface area contributed by atoms with Gasteiger partial charge in [-0.05, 0) is 36.4 Å². The number of aromatic nitrogens is 1. The van der Waals surface area contributed by atoms with Gasteiger partial charge in [-0.15, -0.1) is 0 Å². The molecule has 21 heavy (non-hydrogen) atoms. The zero-order chi connectivity index (χ0) is 15.3. The number of amides is 1. The molecule has 0 atom stereocenters. The third kappa shape index (κ3) is 4.87. The molecule has 0 unspecified atom stereocenters. The molecule has 0 aliphatic rings. The summed E-state index contributed by atoms with van der Waals surface area (Å²) in [6, 6.07) is 11.6. The van der Waals surface area contributed by atoms with Crippen molar-refractivity contribution in [3.8, 4) is 0 Å². The number of sulfone groups is 1. The summed E-state index contributed by atoms with van der Waals surface area (Å²) in [5, 5.41) is 3.49. The number of benzene rings is 1. The number of nitrogens with zero attached hydrogens (tertiary/aromatic N) is 1. The SMILES string of the molecule is CS(=O)(=O)c1ccc(NC(=O)CSc2ccccn2)cc1. The second-order valence-corrected chi connectivity index (χ2v) is 7.31. The van der Waals surface area contributed by atoms with Gasteiger partial charge in [0.25, 0.3) is 0 Å². The number of hydrogen-bond donors (Lipinski definition) is 1. The summed E-state index contributed by atoms with van der Waals surface area (Å²) in [4.78, 5) is 16.1. The molecule has 1 aromatic heterocycles. The summed E-state index contributed by atoms with van der Waals surface area (Å²) in [5.41, 5.74) is 0.564. The molecule has 1 N–H and O–H groups in total. The highest BCUT2D eigenvalue weighted by Gasteiger charge is 2.08. The zero-order valence-electron chi connectivity index (χ0n) is 11.3. The van der Waals surface area contributed by atoms with Crippen LogP contribution in [0.2, 0.25) is 0 Å². The van der Waals surface area contributed by atoms with E-state index >= 15 is 0 Å². The highest BCUT2D eigenvalue weighted by atomic mass is 32.2. The molecule has 1 heterocycles. The van der Waals surface area contributed by atoms with Gasteiger partial charge in [-0.2, -0.15) is 0 Å². The smallest absolute Gasteiger partial charge is 0.234 e. The van der Waals surface area contributed by atoms with Gasteiger partial charge in [0, 0.05) is 18.1 Å². The number of carbonyl (C=O) groups excluding carboxylic acids is 1. The van der Waals surface area contributed by atoms with Crippen LogP contribution in [0.5, 0.6) is 0 Å². The monoisotopic (exact) mass is 322 g/mol. The number of thioether (sulfide) groups is 1. The number of rotatable bonds is 5. The molecule has 0 spiro atoms. The summed E-state index contributed by atoms with van der Waals surface area (Å²) in [6.45, 7) is 0. The van der Waals surface area contributed by atoms with Crippen molar-refractivity contribution < 1.29 is 13.2 Å².